The van der Waals surface area contributed by atoms with Crippen LogP contribution in [0.1, 0.15) is 77.6 Å². The second kappa shape index (κ2) is 6.99. The van der Waals surface area contributed by atoms with Crippen LogP contribution in [0.5, 0.6) is 0 Å². The van der Waals surface area contributed by atoms with Crippen LogP contribution in [0.25, 0.3) is 0 Å². The van der Waals surface area contributed by atoms with Crippen molar-refractivity contribution in [1.29, 1.82) is 0 Å². The molecule has 1 N–H and O–H groups in total. The Morgan fingerprint density at radius 3 is 2.62 bits per heavy atom. The molecule has 1 amide bonds. The molecule has 1 aromatic rings. The highest BCUT2D eigenvalue weighted by Crippen LogP contribution is 2.36. The number of likely N-dealkylation sites (tertiary alicyclic amines) is 1. The van der Waals surface area contributed by atoms with Crippen molar-refractivity contribution in [2.45, 2.75) is 65.3 Å². The molecule has 0 aromatic carbocycles. The smallest absolute Gasteiger partial charge is 0.340 e. The molecule has 0 bridgehead atoms. The predicted octanol–water partition coefficient (Wildman–Crippen LogP) is 3.60. The molecular formula is C19H28N2O3. The van der Waals surface area contributed by atoms with Crippen LogP contribution in [0.2, 0.25) is 0 Å². The lowest BCUT2D eigenvalue weighted by atomic mass is 9.78. The minimum atomic E-state index is -0.350. The number of rotatable bonds is 3. The maximum Gasteiger partial charge on any atom is 0.340 e. The lowest BCUT2D eigenvalue weighted by Crippen LogP contribution is -2.49. The van der Waals surface area contributed by atoms with Crippen molar-refractivity contribution in [3.8, 4) is 0 Å². The van der Waals surface area contributed by atoms with Gasteiger partial charge in [-0.25, -0.2) is 4.79 Å². The Morgan fingerprint density at radius 2 is 1.88 bits per heavy atom. The first-order valence-electron chi connectivity index (χ1n) is 9.21. The maximum absolute atomic E-state index is 13.2. The van der Waals surface area contributed by atoms with Crippen LogP contribution >= 0.6 is 0 Å². The number of aryl methyl sites for hydroxylation is 1. The van der Waals surface area contributed by atoms with Gasteiger partial charge in [-0.3, -0.25) is 4.79 Å². The van der Waals surface area contributed by atoms with Crippen LogP contribution in [0.3, 0.4) is 0 Å². The van der Waals surface area contributed by atoms with E-state index in [9.17, 15) is 9.59 Å². The zero-order chi connectivity index (χ0) is 17.3. The number of carbonyl (C=O) groups excluding carboxylic acids is 2. The first-order chi connectivity index (χ1) is 11.5. The SMILES string of the molecule is CCOC(=O)c1c(C)[nH]c(C(=O)N2CCCC3CCCCC32)c1C. The van der Waals surface area contributed by atoms with Crippen molar-refractivity contribution >= 4 is 11.9 Å². The standard InChI is InChI=1S/C19H28N2O3/c1-4-24-19(23)16-12(2)17(20-13(16)3)18(22)21-11-7-9-14-8-5-6-10-15(14)21/h14-15,20H,4-11H2,1-3H3. The number of fused-ring (bicyclic) bond motifs is 1. The van der Waals surface area contributed by atoms with E-state index >= 15 is 0 Å². The van der Waals surface area contributed by atoms with Crippen molar-refractivity contribution in [3.63, 3.8) is 0 Å². The fourth-order valence-electron chi connectivity index (χ4n) is 4.49. The summed E-state index contributed by atoms with van der Waals surface area (Å²) in [6.07, 6.45) is 7.17. The molecule has 132 valence electrons. The number of piperidine rings is 1. The van der Waals surface area contributed by atoms with E-state index in [1.165, 1.54) is 25.7 Å². The zero-order valence-electron chi connectivity index (χ0n) is 15.0. The van der Waals surface area contributed by atoms with E-state index in [1.54, 1.807) is 6.92 Å². The Balaban J connectivity index is 1.87. The number of hydrogen-bond acceptors (Lipinski definition) is 3. The average molecular weight is 332 g/mol. The topological polar surface area (TPSA) is 62.4 Å². The molecule has 1 saturated carbocycles. The van der Waals surface area contributed by atoms with Crippen LogP contribution < -0.4 is 0 Å². The van der Waals surface area contributed by atoms with E-state index in [0.717, 1.165) is 19.4 Å². The summed E-state index contributed by atoms with van der Waals surface area (Å²) in [7, 11) is 0. The minimum absolute atomic E-state index is 0.0442. The molecule has 0 spiro atoms. The molecule has 2 heterocycles. The third-order valence-corrected chi connectivity index (χ3v) is 5.64. The monoisotopic (exact) mass is 332 g/mol. The lowest BCUT2D eigenvalue weighted by molar-refractivity contribution is 0.0385. The summed E-state index contributed by atoms with van der Waals surface area (Å²) in [4.78, 5) is 30.5. The van der Waals surface area contributed by atoms with Crippen molar-refractivity contribution in [2.75, 3.05) is 13.2 Å². The molecule has 2 unspecified atom stereocenters. The average Bonchev–Trinajstić information content (AvgIpc) is 2.88. The van der Waals surface area contributed by atoms with Crippen molar-refractivity contribution in [1.82, 2.24) is 9.88 Å². The van der Waals surface area contributed by atoms with Crippen LogP contribution in [0.15, 0.2) is 0 Å². The molecule has 2 aliphatic rings. The molecule has 1 aliphatic heterocycles. The second-order valence-electron chi connectivity index (χ2n) is 7.10. The number of esters is 1. The van der Waals surface area contributed by atoms with Gasteiger partial charge in [-0.1, -0.05) is 12.8 Å². The number of aromatic amines is 1. The van der Waals surface area contributed by atoms with Gasteiger partial charge >= 0.3 is 5.97 Å². The lowest BCUT2D eigenvalue weighted by Gasteiger charge is -2.44. The molecular weight excluding hydrogens is 304 g/mol. The number of aromatic nitrogens is 1. The van der Waals surface area contributed by atoms with Gasteiger partial charge in [0.05, 0.1) is 12.2 Å². The molecule has 5 heteroatoms. The Labute approximate surface area is 143 Å². The van der Waals surface area contributed by atoms with Gasteiger partial charge in [0.15, 0.2) is 0 Å². The van der Waals surface area contributed by atoms with E-state index in [0.29, 0.717) is 41.1 Å². The maximum atomic E-state index is 13.2. The number of H-pyrrole nitrogens is 1. The Morgan fingerprint density at radius 1 is 1.17 bits per heavy atom. The normalized spacial score (nSPS) is 23.7. The highest BCUT2D eigenvalue weighted by Gasteiger charge is 2.37. The van der Waals surface area contributed by atoms with E-state index in [2.05, 4.69) is 9.88 Å². The fraction of sp³-hybridized carbons (Fsp3) is 0.684. The third kappa shape index (κ3) is 2.96. The quantitative estimate of drug-likeness (QED) is 0.860. The summed E-state index contributed by atoms with van der Waals surface area (Å²) in [5.41, 5.74) is 2.50. The first kappa shape index (κ1) is 17.1. The Kier molecular flexibility index (Phi) is 4.97. The molecule has 2 fully saturated rings. The molecule has 24 heavy (non-hydrogen) atoms. The Hall–Kier alpha value is -1.78. The van der Waals surface area contributed by atoms with Gasteiger partial charge in [-0.15, -0.1) is 0 Å². The summed E-state index contributed by atoms with van der Waals surface area (Å²) in [6.45, 7) is 6.62. The third-order valence-electron chi connectivity index (χ3n) is 5.64. The van der Waals surface area contributed by atoms with E-state index in [-0.39, 0.29) is 11.9 Å². The van der Waals surface area contributed by atoms with Gasteiger partial charge in [0.2, 0.25) is 0 Å². The number of ether oxygens (including phenoxy) is 1. The van der Waals surface area contributed by atoms with Gasteiger partial charge in [0.25, 0.3) is 5.91 Å². The molecule has 0 radical (unpaired) electrons. The number of amides is 1. The van der Waals surface area contributed by atoms with E-state index < -0.39 is 0 Å². The predicted molar refractivity (Wildman–Crippen MR) is 92.2 cm³/mol. The molecule has 2 atom stereocenters. The number of hydrogen-bond donors (Lipinski definition) is 1. The molecule has 5 nitrogen and oxygen atoms in total. The zero-order valence-corrected chi connectivity index (χ0v) is 15.0. The van der Waals surface area contributed by atoms with E-state index in [1.807, 2.05) is 13.8 Å². The second-order valence-corrected chi connectivity index (χ2v) is 7.10. The highest BCUT2D eigenvalue weighted by molar-refractivity contribution is 6.00. The Bertz CT molecular complexity index is 633. The number of nitrogens with one attached hydrogen (secondary N) is 1. The summed E-state index contributed by atoms with van der Waals surface area (Å²) < 4.78 is 5.13. The highest BCUT2D eigenvalue weighted by atomic mass is 16.5. The molecule has 1 aromatic heterocycles. The van der Waals surface area contributed by atoms with Gasteiger partial charge in [0, 0.05) is 18.3 Å². The summed E-state index contributed by atoms with van der Waals surface area (Å²) >= 11 is 0. The summed E-state index contributed by atoms with van der Waals surface area (Å²) in [5, 5.41) is 0. The van der Waals surface area contributed by atoms with Crippen molar-refractivity contribution in [2.24, 2.45) is 5.92 Å². The van der Waals surface area contributed by atoms with Crippen LogP contribution in [-0.4, -0.2) is 41.0 Å². The fourth-order valence-corrected chi connectivity index (χ4v) is 4.49. The molecule has 1 aliphatic carbocycles. The minimum Gasteiger partial charge on any atom is -0.462 e. The van der Waals surface area contributed by atoms with Gasteiger partial charge in [-0.2, -0.15) is 0 Å². The number of nitrogens with zero attached hydrogens (tertiary/aromatic N) is 1. The molecule has 3 rings (SSSR count). The van der Waals surface area contributed by atoms with E-state index in [4.69, 9.17) is 4.74 Å². The van der Waals surface area contributed by atoms with Gasteiger partial charge in [-0.05, 0) is 57.9 Å². The summed E-state index contributed by atoms with van der Waals surface area (Å²) in [6, 6.07) is 0.369. The van der Waals surface area contributed by atoms with Crippen LogP contribution in [0.4, 0.5) is 0 Å². The molecule has 1 saturated heterocycles. The van der Waals surface area contributed by atoms with Crippen LogP contribution in [-0.2, 0) is 4.74 Å². The first-order valence-corrected chi connectivity index (χ1v) is 9.21. The summed E-state index contributed by atoms with van der Waals surface area (Å²) in [5.74, 6) is 0.345. The van der Waals surface area contributed by atoms with Gasteiger partial charge in [0.1, 0.15) is 5.69 Å². The number of carbonyl (C=O) groups is 2. The van der Waals surface area contributed by atoms with Crippen LogP contribution in [0, 0.1) is 19.8 Å². The van der Waals surface area contributed by atoms with Crippen molar-refractivity contribution < 1.29 is 14.3 Å². The van der Waals surface area contributed by atoms with Crippen molar-refractivity contribution in [3.05, 3.63) is 22.5 Å². The van der Waals surface area contributed by atoms with Gasteiger partial charge < -0.3 is 14.6 Å². The largest absolute Gasteiger partial charge is 0.462 e.